The van der Waals surface area contributed by atoms with Gasteiger partial charge in [0.25, 0.3) is 0 Å². The van der Waals surface area contributed by atoms with Gasteiger partial charge in [0.05, 0.1) is 5.69 Å². The van der Waals surface area contributed by atoms with Crippen molar-refractivity contribution in [1.29, 1.82) is 0 Å². The van der Waals surface area contributed by atoms with Gasteiger partial charge >= 0.3 is 0 Å². The normalized spacial score (nSPS) is 10.5. The summed E-state index contributed by atoms with van der Waals surface area (Å²) in [5.74, 6) is 0.349. The van der Waals surface area contributed by atoms with Gasteiger partial charge in [-0.25, -0.2) is 4.39 Å². The van der Waals surface area contributed by atoms with E-state index in [1.54, 1.807) is 6.07 Å². The summed E-state index contributed by atoms with van der Waals surface area (Å²) >= 11 is 0. The minimum atomic E-state index is -0.267. The first-order valence-electron chi connectivity index (χ1n) is 6.65. The molecular formula is C16H19FN2O. The van der Waals surface area contributed by atoms with E-state index in [1.807, 2.05) is 24.3 Å². The number of nitrogen functional groups attached to an aromatic ring is 1. The van der Waals surface area contributed by atoms with Crippen LogP contribution in [0, 0.1) is 5.82 Å². The minimum absolute atomic E-state index is 0.267. The van der Waals surface area contributed by atoms with Crippen molar-refractivity contribution in [3.63, 3.8) is 0 Å². The van der Waals surface area contributed by atoms with Crippen molar-refractivity contribution in [1.82, 2.24) is 0 Å². The lowest BCUT2D eigenvalue weighted by Gasteiger charge is -2.10. The fraction of sp³-hybridized carbons (Fsp3) is 0.250. The van der Waals surface area contributed by atoms with Crippen molar-refractivity contribution in [2.24, 2.45) is 5.73 Å². The Hall–Kier alpha value is -2.07. The molecule has 0 atom stereocenters. The molecule has 2 rings (SSSR count). The summed E-state index contributed by atoms with van der Waals surface area (Å²) in [7, 11) is 0. The van der Waals surface area contributed by atoms with Gasteiger partial charge in [-0.3, -0.25) is 0 Å². The van der Waals surface area contributed by atoms with Gasteiger partial charge in [0.15, 0.2) is 0 Å². The van der Waals surface area contributed by atoms with Gasteiger partial charge in [-0.2, -0.15) is 0 Å². The van der Waals surface area contributed by atoms with Crippen LogP contribution in [0.3, 0.4) is 0 Å². The number of anilines is 1. The number of hydrogen-bond donors (Lipinski definition) is 2. The van der Waals surface area contributed by atoms with Crippen LogP contribution >= 0.6 is 0 Å². The summed E-state index contributed by atoms with van der Waals surface area (Å²) in [6, 6.07) is 12.1. The Morgan fingerprint density at radius 2 is 1.90 bits per heavy atom. The second-order valence-corrected chi connectivity index (χ2v) is 4.68. The van der Waals surface area contributed by atoms with Crippen LogP contribution in [0.15, 0.2) is 42.5 Å². The fourth-order valence-electron chi connectivity index (χ4n) is 1.98. The van der Waals surface area contributed by atoms with E-state index in [9.17, 15) is 4.39 Å². The zero-order chi connectivity index (χ0) is 14.4. The number of halogens is 1. The smallest absolute Gasteiger partial charge is 0.142 e. The fourth-order valence-corrected chi connectivity index (χ4v) is 1.98. The van der Waals surface area contributed by atoms with Crippen LogP contribution in [-0.4, -0.2) is 6.54 Å². The third-order valence-corrected chi connectivity index (χ3v) is 3.03. The maximum Gasteiger partial charge on any atom is 0.142 e. The largest absolute Gasteiger partial charge is 0.487 e. The molecule has 4 N–H and O–H groups in total. The van der Waals surface area contributed by atoms with E-state index in [0.29, 0.717) is 24.6 Å². The van der Waals surface area contributed by atoms with E-state index in [4.69, 9.17) is 16.2 Å². The average molecular weight is 274 g/mol. The Morgan fingerprint density at radius 1 is 1.05 bits per heavy atom. The molecule has 0 aliphatic rings. The van der Waals surface area contributed by atoms with Crippen LogP contribution < -0.4 is 16.2 Å². The summed E-state index contributed by atoms with van der Waals surface area (Å²) < 4.78 is 18.7. The summed E-state index contributed by atoms with van der Waals surface area (Å²) in [4.78, 5) is 0. The SMILES string of the molecule is NCCCc1ccc(OCc2cccc(F)c2)c(N)c1. The van der Waals surface area contributed by atoms with Crippen LogP contribution in [-0.2, 0) is 13.0 Å². The van der Waals surface area contributed by atoms with Crippen LogP contribution in [0.1, 0.15) is 17.5 Å². The molecule has 0 aromatic heterocycles. The molecule has 0 heterocycles. The van der Waals surface area contributed by atoms with Gasteiger partial charge in [0, 0.05) is 0 Å². The Labute approximate surface area is 118 Å². The third-order valence-electron chi connectivity index (χ3n) is 3.03. The van der Waals surface area contributed by atoms with E-state index < -0.39 is 0 Å². The molecule has 0 fully saturated rings. The van der Waals surface area contributed by atoms with E-state index in [1.165, 1.54) is 12.1 Å². The molecule has 0 unspecified atom stereocenters. The molecule has 0 saturated carbocycles. The van der Waals surface area contributed by atoms with Gasteiger partial charge in [-0.05, 0) is 54.8 Å². The van der Waals surface area contributed by atoms with Gasteiger partial charge in [0.1, 0.15) is 18.2 Å². The molecule has 20 heavy (non-hydrogen) atoms. The van der Waals surface area contributed by atoms with Gasteiger partial charge in [-0.1, -0.05) is 18.2 Å². The topological polar surface area (TPSA) is 61.3 Å². The number of ether oxygens (including phenoxy) is 1. The Bertz CT molecular complexity index is 572. The van der Waals surface area contributed by atoms with Gasteiger partial charge < -0.3 is 16.2 Å². The molecule has 4 heteroatoms. The van der Waals surface area contributed by atoms with Crippen LogP contribution in [0.25, 0.3) is 0 Å². The Balaban J connectivity index is 1.99. The van der Waals surface area contributed by atoms with Crippen LogP contribution in [0.2, 0.25) is 0 Å². The van der Waals surface area contributed by atoms with E-state index >= 15 is 0 Å². The van der Waals surface area contributed by atoms with Crippen molar-refractivity contribution in [3.05, 3.63) is 59.4 Å². The number of aryl methyl sites for hydroxylation is 1. The molecule has 0 radical (unpaired) electrons. The summed E-state index contributed by atoms with van der Waals surface area (Å²) in [6.07, 6.45) is 1.84. The summed E-state index contributed by atoms with van der Waals surface area (Å²) in [5, 5.41) is 0. The minimum Gasteiger partial charge on any atom is -0.487 e. The second kappa shape index (κ2) is 6.91. The first kappa shape index (κ1) is 14.3. The second-order valence-electron chi connectivity index (χ2n) is 4.68. The molecule has 0 aliphatic carbocycles. The van der Waals surface area contributed by atoms with Crippen molar-refractivity contribution in [3.8, 4) is 5.75 Å². The maximum absolute atomic E-state index is 13.1. The van der Waals surface area contributed by atoms with Crippen molar-refractivity contribution >= 4 is 5.69 Å². The molecule has 2 aromatic rings. The first-order valence-corrected chi connectivity index (χ1v) is 6.65. The predicted octanol–water partition coefficient (Wildman–Crippen LogP) is 2.88. The first-order chi connectivity index (χ1) is 9.69. The van der Waals surface area contributed by atoms with Crippen molar-refractivity contribution in [2.75, 3.05) is 12.3 Å². The highest BCUT2D eigenvalue weighted by molar-refractivity contribution is 5.54. The number of hydrogen-bond acceptors (Lipinski definition) is 3. The third kappa shape index (κ3) is 3.96. The number of rotatable bonds is 6. The Morgan fingerprint density at radius 3 is 2.60 bits per heavy atom. The summed E-state index contributed by atoms with van der Waals surface area (Å²) in [5.41, 5.74) is 14.0. The zero-order valence-corrected chi connectivity index (χ0v) is 11.3. The average Bonchev–Trinajstić information content (AvgIpc) is 2.44. The molecule has 0 saturated heterocycles. The van der Waals surface area contributed by atoms with E-state index in [0.717, 1.165) is 24.0 Å². The molecule has 2 aromatic carbocycles. The molecule has 0 aliphatic heterocycles. The lowest BCUT2D eigenvalue weighted by molar-refractivity contribution is 0.307. The van der Waals surface area contributed by atoms with Crippen molar-refractivity contribution < 1.29 is 9.13 Å². The highest BCUT2D eigenvalue weighted by Gasteiger charge is 2.03. The molecule has 3 nitrogen and oxygen atoms in total. The zero-order valence-electron chi connectivity index (χ0n) is 11.3. The lowest BCUT2D eigenvalue weighted by Crippen LogP contribution is -2.02. The van der Waals surface area contributed by atoms with Crippen LogP contribution in [0.4, 0.5) is 10.1 Å². The van der Waals surface area contributed by atoms with E-state index in [-0.39, 0.29) is 5.82 Å². The maximum atomic E-state index is 13.1. The number of benzene rings is 2. The van der Waals surface area contributed by atoms with Crippen LogP contribution in [0.5, 0.6) is 5.75 Å². The Kier molecular flexibility index (Phi) is 4.96. The highest BCUT2D eigenvalue weighted by Crippen LogP contribution is 2.24. The standard InChI is InChI=1S/C16H19FN2O/c17-14-5-1-3-13(9-14)11-20-16-7-6-12(4-2-8-18)10-15(16)19/h1,3,5-7,9-10H,2,4,8,11,18-19H2. The van der Waals surface area contributed by atoms with Gasteiger partial charge in [0.2, 0.25) is 0 Å². The highest BCUT2D eigenvalue weighted by atomic mass is 19.1. The quantitative estimate of drug-likeness (QED) is 0.796. The molecule has 0 amide bonds. The summed E-state index contributed by atoms with van der Waals surface area (Å²) in [6.45, 7) is 0.960. The van der Waals surface area contributed by atoms with Gasteiger partial charge in [-0.15, -0.1) is 0 Å². The predicted molar refractivity (Wildman–Crippen MR) is 79.0 cm³/mol. The molecule has 0 bridgehead atoms. The number of nitrogens with two attached hydrogens (primary N) is 2. The lowest BCUT2D eigenvalue weighted by atomic mass is 10.1. The van der Waals surface area contributed by atoms with Crippen molar-refractivity contribution in [2.45, 2.75) is 19.4 Å². The monoisotopic (exact) mass is 274 g/mol. The molecular weight excluding hydrogens is 255 g/mol. The molecule has 0 spiro atoms. The van der Waals surface area contributed by atoms with E-state index in [2.05, 4.69) is 0 Å². The molecule has 106 valence electrons.